The molecule has 116 valence electrons. The number of hydrogen-bond donors (Lipinski definition) is 1. The minimum atomic E-state index is -0.789. The molecule has 1 aliphatic heterocycles. The molecule has 0 bridgehead atoms. The van der Waals surface area contributed by atoms with E-state index < -0.39 is 11.4 Å². The molecule has 0 spiro atoms. The normalized spacial score (nSPS) is 18.0. The minimum Gasteiger partial charge on any atom is -0.481 e. The summed E-state index contributed by atoms with van der Waals surface area (Å²) in [5.74, 6) is -0.869. The monoisotopic (exact) mass is 312 g/mol. The van der Waals surface area contributed by atoms with Gasteiger partial charge in [0.15, 0.2) is 0 Å². The molecule has 1 saturated heterocycles. The standard InChI is InChI=1S/C15H21ClN2O3/c1-10(2)18-9-11(16)8-12(18)13(19)17-6-4-15(3,5-7-17)14(20)21/h8-10H,4-7H2,1-3H3,(H,20,21). The van der Waals surface area contributed by atoms with Crippen molar-refractivity contribution >= 4 is 23.5 Å². The zero-order chi connectivity index (χ0) is 15.8. The Hall–Kier alpha value is -1.49. The average Bonchev–Trinajstić information content (AvgIpc) is 2.81. The van der Waals surface area contributed by atoms with Crippen LogP contribution < -0.4 is 0 Å². The van der Waals surface area contributed by atoms with Crippen molar-refractivity contribution in [3.05, 3.63) is 23.0 Å². The van der Waals surface area contributed by atoms with Gasteiger partial charge in [0.1, 0.15) is 5.69 Å². The Bertz CT molecular complexity index is 557. The van der Waals surface area contributed by atoms with Crippen molar-refractivity contribution < 1.29 is 14.7 Å². The SMILES string of the molecule is CC(C)n1cc(Cl)cc1C(=O)N1CCC(C)(C(=O)O)CC1. The number of carboxylic acid groups (broad SMARTS) is 1. The second kappa shape index (κ2) is 5.72. The number of carbonyl (C=O) groups excluding carboxylic acids is 1. The maximum absolute atomic E-state index is 12.6. The fourth-order valence-electron chi connectivity index (χ4n) is 2.62. The quantitative estimate of drug-likeness (QED) is 0.933. The van der Waals surface area contributed by atoms with Crippen molar-refractivity contribution in [3.63, 3.8) is 0 Å². The Morgan fingerprint density at radius 2 is 1.90 bits per heavy atom. The molecule has 5 nitrogen and oxygen atoms in total. The molecule has 6 heteroatoms. The average molecular weight is 313 g/mol. The molecule has 1 N–H and O–H groups in total. The lowest BCUT2D eigenvalue weighted by Crippen LogP contribution is -2.45. The van der Waals surface area contributed by atoms with Gasteiger partial charge in [0.05, 0.1) is 10.4 Å². The van der Waals surface area contributed by atoms with Gasteiger partial charge in [-0.1, -0.05) is 11.6 Å². The maximum atomic E-state index is 12.6. The molecule has 1 aliphatic rings. The Labute approximate surface area is 129 Å². The molecule has 1 fully saturated rings. The van der Waals surface area contributed by atoms with E-state index in [4.69, 9.17) is 11.6 Å². The van der Waals surface area contributed by atoms with E-state index >= 15 is 0 Å². The van der Waals surface area contributed by atoms with Crippen LogP contribution >= 0.6 is 11.6 Å². The third-order valence-electron chi connectivity index (χ3n) is 4.26. The summed E-state index contributed by atoms with van der Waals surface area (Å²) >= 11 is 6.01. The van der Waals surface area contributed by atoms with E-state index in [2.05, 4.69) is 0 Å². The molecule has 2 heterocycles. The van der Waals surface area contributed by atoms with Crippen molar-refractivity contribution in [1.82, 2.24) is 9.47 Å². The Kier molecular flexibility index (Phi) is 4.33. The molecule has 0 unspecified atom stereocenters. The summed E-state index contributed by atoms with van der Waals surface area (Å²) in [5, 5.41) is 9.78. The highest BCUT2D eigenvalue weighted by Crippen LogP contribution is 2.32. The summed E-state index contributed by atoms with van der Waals surface area (Å²) in [5.41, 5.74) is -0.164. The Balaban J connectivity index is 2.14. The summed E-state index contributed by atoms with van der Waals surface area (Å²) in [4.78, 5) is 25.6. The zero-order valence-corrected chi connectivity index (χ0v) is 13.4. The zero-order valence-electron chi connectivity index (χ0n) is 12.6. The van der Waals surface area contributed by atoms with Gasteiger partial charge in [0, 0.05) is 25.3 Å². The number of halogens is 1. The van der Waals surface area contributed by atoms with E-state index in [0.29, 0.717) is 36.6 Å². The maximum Gasteiger partial charge on any atom is 0.309 e. The predicted molar refractivity (Wildman–Crippen MR) is 80.7 cm³/mol. The first-order chi connectivity index (χ1) is 9.74. The minimum absolute atomic E-state index is 0.0805. The number of aliphatic carboxylic acids is 1. The lowest BCUT2D eigenvalue weighted by molar-refractivity contribution is -0.150. The van der Waals surface area contributed by atoms with E-state index in [1.165, 1.54) is 0 Å². The molecule has 0 aromatic carbocycles. The number of aromatic nitrogens is 1. The van der Waals surface area contributed by atoms with Crippen LogP contribution in [0.25, 0.3) is 0 Å². The second-order valence-corrected chi connectivity index (χ2v) is 6.64. The fraction of sp³-hybridized carbons (Fsp3) is 0.600. The fourth-order valence-corrected chi connectivity index (χ4v) is 2.83. The van der Waals surface area contributed by atoms with Crippen LogP contribution in [0.1, 0.15) is 50.1 Å². The highest BCUT2D eigenvalue weighted by molar-refractivity contribution is 6.31. The molecule has 1 amide bonds. The van der Waals surface area contributed by atoms with Crippen LogP contribution in [0.2, 0.25) is 5.02 Å². The van der Waals surface area contributed by atoms with Crippen LogP contribution in [-0.2, 0) is 4.79 Å². The van der Waals surface area contributed by atoms with Gasteiger partial charge < -0.3 is 14.6 Å². The van der Waals surface area contributed by atoms with E-state index in [-0.39, 0.29) is 11.9 Å². The van der Waals surface area contributed by atoms with Gasteiger partial charge >= 0.3 is 5.97 Å². The number of amides is 1. The molecule has 21 heavy (non-hydrogen) atoms. The number of nitrogens with zero attached hydrogens (tertiary/aromatic N) is 2. The van der Waals surface area contributed by atoms with Gasteiger partial charge in [-0.15, -0.1) is 0 Å². The first-order valence-corrected chi connectivity index (χ1v) is 7.52. The number of piperidine rings is 1. The number of carbonyl (C=O) groups is 2. The van der Waals surface area contributed by atoms with Crippen LogP contribution in [-0.4, -0.2) is 39.5 Å². The summed E-state index contributed by atoms with van der Waals surface area (Å²) in [6, 6.07) is 1.82. The van der Waals surface area contributed by atoms with Crippen LogP contribution in [0.3, 0.4) is 0 Å². The number of hydrogen-bond acceptors (Lipinski definition) is 2. The third-order valence-corrected chi connectivity index (χ3v) is 4.47. The molecule has 1 aromatic heterocycles. The summed E-state index contributed by atoms with van der Waals surface area (Å²) in [6.45, 7) is 6.64. The third kappa shape index (κ3) is 3.07. The van der Waals surface area contributed by atoms with E-state index in [0.717, 1.165) is 0 Å². The van der Waals surface area contributed by atoms with Crippen LogP contribution in [0, 0.1) is 5.41 Å². The van der Waals surface area contributed by atoms with Crippen molar-refractivity contribution in [2.75, 3.05) is 13.1 Å². The van der Waals surface area contributed by atoms with Crippen molar-refractivity contribution in [2.24, 2.45) is 5.41 Å². The Morgan fingerprint density at radius 3 is 2.38 bits per heavy atom. The van der Waals surface area contributed by atoms with Gasteiger partial charge in [0.2, 0.25) is 0 Å². The van der Waals surface area contributed by atoms with Gasteiger partial charge in [-0.2, -0.15) is 0 Å². The molecule has 1 aromatic rings. The number of carboxylic acids is 1. The first kappa shape index (κ1) is 15.9. The van der Waals surface area contributed by atoms with Crippen molar-refractivity contribution in [3.8, 4) is 0 Å². The Morgan fingerprint density at radius 1 is 1.33 bits per heavy atom. The van der Waals surface area contributed by atoms with E-state index in [1.807, 2.05) is 18.4 Å². The molecule has 0 saturated carbocycles. The molecule has 2 rings (SSSR count). The first-order valence-electron chi connectivity index (χ1n) is 7.14. The highest BCUT2D eigenvalue weighted by Gasteiger charge is 2.38. The van der Waals surface area contributed by atoms with Gasteiger partial charge in [0.25, 0.3) is 5.91 Å². The lowest BCUT2D eigenvalue weighted by atomic mass is 9.80. The van der Waals surface area contributed by atoms with Crippen molar-refractivity contribution in [1.29, 1.82) is 0 Å². The van der Waals surface area contributed by atoms with E-state index in [1.54, 1.807) is 24.1 Å². The number of likely N-dealkylation sites (tertiary alicyclic amines) is 1. The summed E-state index contributed by atoms with van der Waals surface area (Å²) in [6.07, 6.45) is 2.71. The summed E-state index contributed by atoms with van der Waals surface area (Å²) in [7, 11) is 0. The van der Waals surface area contributed by atoms with Gasteiger partial charge in [-0.3, -0.25) is 9.59 Å². The molecule has 0 aliphatic carbocycles. The topological polar surface area (TPSA) is 62.5 Å². The molecular weight excluding hydrogens is 292 g/mol. The van der Waals surface area contributed by atoms with Crippen LogP contribution in [0.4, 0.5) is 0 Å². The van der Waals surface area contributed by atoms with Gasteiger partial charge in [-0.05, 0) is 39.7 Å². The molecular formula is C15H21ClN2O3. The number of rotatable bonds is 3. The summed E-state index contributed by atoms with van der Waals surface area (Å²) < 4.78 is 1.86. The van der Waals surface area contributed by atoms with Crippen molar-refractivity contribution in [2.45, 2.75) is 39.7 Å². The lowest BCUT2D eigenvalue weighted by Gasteiger charge is -2.36. The molecule has 0 atom stereocenters. The molecule has 0 radical (unpaired) electrons. The van der Waals surface area contributed by atoms with Crippen LogP contribution in [0.15, 0.2) is 12.3 Å². The smallest absolute Gasteiger partial charge is 0.309 e. The van der Waals surface area contributed by atoms with E-state index in [9.17, 15) is 14.7 Å². The second-order valence-electron chi connectivity index (χ2n) is 6.20. The largest absolute Gasteiger partial charge is 0.481 e. The van der Waals surface area contributed by atoms with Gasteiger partial charge in [-0.25, -0.2) is 0 Å². The predicted octanol–water partition coefficient (Wildman–Crippen LogP) is 3.05. The van der Waals surface area contributed by atoms with Crippen LogP contribution in [0.5, 0.6) is 0 Å². The highest BCUT2D eigenvalue weighted by atomic mass is 35.5.